The van der Waals surface area contributed by atoms with E-state index in [0.29, 0.717) is 0 Å². The SMILES string of the molecule is COC(=O)c1ccc(F)c(-c2ccc(C(=O)O)c(O)c2)c1. The highest BCUT2D eigenvalue weighted by Gasteiger charge is 2.14. The lowest BCUT2D eigenvalue weighted by molar-refractivity contribution is 0.0599. The number of rotatable bonds is 3. The Morgan fingerprint density at radius 2 is 1.86 bits per heavy atom. The summed E-state index contributed by atoms with van der Waals surface area (Å²) in [6, 6.07) is 7.29. The monoisotopic (exact) mass is 290 g/mol. The number of aromatic hydroxyl groups is 1. The first kappa shape index (κ1) is 14.5. The number of hydrogen-bond donors (Lipinski definition) is 2. The number of methoxy groups -OCH3 is 1. The van der Waals surface area contributed by atoms with Crippen molar-refractivity contribution in [3.05, 3.63) is 53.3 Å². The Kier molecular flexibility index (Phi) is 3.89. The van der Waals surface area contributed by atoms with Gasteiger partial charge in [-0.05, 0) is 35.9 Å². The van der Waals surface area contributed by atoms with Crippen molar-refractivity contribution in [1.82, 2.24) is 0 Å². The average Bonchev–Trinajstić information content (AvgIpc) is 2.46. The average molecular weight is 290 g/mol. The fraction of sp³-hybridized carbons (Fsp3) is 0.0667. The molecule has 0 saturated carbocycles. The summed E-state index contributed by atoms with van der Waals surface area (Å²) in [6.45, 7) is 0. The number of halogens is 1. The molecule has 0 amide bonds. The maximum absolute atomic E-state index is 13.9. The number of benzene rings is 2. The number of esters is 1. The Morgan fingerprint density at radius 3 is 2.43 bits per heavy atom. The molecule has 0 saturated heterocycles. The molecule has 0 fully saturated rings. The highest BCUT2D eigenvalue weighted by Crippen LogP contribution is 2.29. The summed E-state index contributed by atoms with van der Waals surface area (Å²) in [4.78, 5) is 22.3. The van der Waals surface area contributed by atoms with Crippen LogP contribution in [0, 0.1) is 5.82 Å². The van der Waals surface area contributed by atoms with Gasteiger partial charge in [-0.25, -0.2) is 14.0 Å². The van der Waals surface area contributed by atoms with E-state index in [1.165, 1.54) is 25.3 Å². The summed E-state index contributed by atoms with van der Waals surface area (Å²) >= 11 is 0. The smallest absolute Gasteiger partial charge is 0.339 e. The topological polar surface area (TPSA) is 83.8 Å². The van der Waals surface area contributed by atoms with Crippen molar-refractivity contribution in [2.75, 3.05) is 7.11 Å². The predicted octanol–water partition coefficient (Wildman–Crippen LogP) is 2.68. The molecule has 0 unspecified atom stereocenters. The van der Waals surface area contributed by atoms with E-state index in [0.717, 1.165) is 18.2 Å². The molecule has 2 aromatic carbocycles. The van der Waals surface area contributed by atoms with Crippen molar-refractivity contribution in [2.45, 2.75) is 0 Å². The van der Waals surface area contributed by atoms with Gasteiger partial charge in [0.2, 0.25) is 0 Å². The van der Waals surface area contributed by atoms with Crippen LogP contribution < -0.4 is 0 Å². The minimum absolute atomic E-state index is 0.0603. The van der Waals surface area contributed by atoms with Crippen molar-refractivity contribution < 1.29 is 28.9 Å². The molecule has 0 heterocycles. The van der Waals surface area contributed by atoms with E-state index in [1.54, 1.807) is 0 Å². The third-order valence-electron chi connectivity index (χ3n) is 2.93. The molecule has 5 nitrogen and oxygen atoms in total. The van der Waals surface area contributed by atoms with Crippen molar-refractivity contribution >= 4 is 11.9 Å². The van der Waals surface area contributed by atoms with Gasteiger partial charge >= 0.3 is 11.9 Å². The summed E-state index contributed by atoms with van der Waals surface area (Å²) < 4.78 is 18.4. The van der Waals surface area contributed by atoms with Gasteiger partial charge in [-0.2, -0.15) is 0 Å². The molecule has 0 aliphatic heterocycles. The van der Waals surface area contributed by atoms with Crippen molar-refractivity contribution in [2.24, 2.45) is 0 Å². The first-order valence-electron chi connectivity index (χ1n) is 5.88. The molecule has 0 aromatic heterocycles. The molecule has 0 aliphatic carbocycles. The second-order valence-electron chi connectivity index (χ2n) is 4.22. The zero-order valence-corrected chi connectivity index (χ0v) is 11.0. The second-order valence-corrected chi connectivity index (χ2v) is 4.22. The van der Waals surface area contributed by atoms with Crippen molar-refractivity contribution in [1.29, 1.82) is 0 Å². The Bertz CT molecular complexity index is 724. The molecule has 6 heteroatoms. The van der Waals surface area contributed by atoms with Crippen LogP contribution in [-0.2, 0) is 4.74 Å². The molecule has 0 radical (unpaired) electrons. The van der Waals surface area contributed by atoms with Crippen LogP contribution in [0.2, 0.25) is 0 Å². The Morgan fingerprint density at radius 1 is 1.14 bits per heavy atom. The lowest BCUT2D eigenvalue weighted by Gasteiger charge is -2.08. The van der Waals surface area contributed by atoms with Crippen LogP contribution in [0.3, 0.4) is 0 Å². The number of carboxylic acid groups (broad SMARTS) is 1. The summed E-state index contributed by atoms with van der Waals surface area (Å²) in [5, 5.41) is 18.5. The third-order valence-corrected chi connectivity index (χ3v) is 2.93. The maximum Gasteiger partial charge on any atom is 0.339 e. The normalized spacial score (nSPS) is 10.2. The molecular weight excluding hydrogens is 279 g/mol. The van der Waals surface area contributed by atoms with E-state index in [9.17, 15) is 19.1 Å². The summed E-state index contributed by atoms with van der Waals surface area (Å²) in [7, 11) is 1.21. The zero-order valence-electron chi connectivity index (χ0n) is 11.0. The summed E-state index contributed by atoms with van der Waals surface area (Å²) in [6.07, 6.45) is 0. The summed E-state index contributed by atoms with van der Waals surface area (Å²) in [5.41, 5.74) is 0.171. The lowest BCUT2D eigenvalue weighted by atomic mass is 10.0. The minimum Gasteiger partial charge on any atom is -0.507 e. The van der Waals surface area contributed by atoms with E-state index in [1.807, 2.05) is 0 Å². The van der Waals surface area contributed by atoms with Crippen LogP contribution in [0.25, 0.3) is 11.1 Å². The highest BCUT2D eigenvalue weighted by atomic mass is 19.1. The first-order valence-corrected chi connectivity index (χ1v) is 5.88. The van der Waals surface area contributed by atoms with Crippen molar-refractivity contribution in [3.63, 3.8) is 0 Å². The van der Waals surface area contributed by atoms with Crippen LogP contribution in [0.5, 0.6) is 5.75 Å². The number of phenols is 1. The van der Waals surface area contributed by atoms with Gasteiger partial charge in [-0.1, -0.05) is 6.07 Å². The fourth-order valence-electron chi connectivity index (χ4n) is 1.87. The van der Waals surface area contributed by atoms with Crippen LogP contribution >= 0.6 is 0 Å². The molecule has 0 atom stereocenters. The van der Waals surface area contributed by atoms with E-state index in [2.05, 4.69) is 4.74 Å². The lowest BCUT2D eigenvalue weighted by Crippen LogP contribution is -2.02. The zero-order chi connectivity index (χ0) is 15.6. The third kappa shape index (κ3) is 2.84. The van der Waals surface area contributed by atoms with Crippen LogP contribution in [0.1, 0.15) is 20.7 Å². The molecule has 0 aliphatic rings. The van der Waals surface area contributed by atoms with Gasteiger partial charge < -0.3 is 14.9 Å². The number of hydrogen-bond acceptors (Lipinski definition) is 4. The quantitative estimate of drug-likeness (QED) is 0.849. The highest BCUT2D eigenvalue weighted by molar-refractivity contribution is 5.93. The minimum atomic E-state index is -1.29. The molecule has 108 valence electrons. The van der Waals surface area contributed by atoms with E-state index >= 15 is 0 Å². The van der Waals surface area contributed by atoms with Gasteiger partial charge in [0.1, 0.15) is 17.1 Å². The van der Waals surface area contributed by atoms with Gasteiger partial charge in [0, 0.05) is 5.56 Å². The van der Waals surface area contributed by atoms with Crippen molar-refractivity contribution in [3.8, 4) is 16.9 Å². The molecule has 2 rings (SSSR count). The largest absolute Gasteiger partial charge is 0.507 e. The number of carboxylic acids is 1. The van der Waals surface area contributed by atoms with Gasteiger partial charge in [0.05, 0.1) is 12.7 Å². The van der Waals surface area contributed by atoms with E-state index in [-0.39, 0.29) is 22.3 Å². The second kappa shape index (κ2) is 5.62. The number of ether oxygens (including phenoxy) is 1. The van der Waals surface area contributed by atoms with E-state index < -0.39 is 23.5 Å². The van der Waals surface area contributed by atoms with Gasteiger partial charge in [0.15, 0.2) is 0 Å². The standard InChI is InChI=1S/C15H11FO5/c1-21-15(20)9-3-5-12(16)11(6-9)8-2-4-10(14(18)19)13(17)7-8/h2-7,17H,1H3,(H,18,19). The molecule has 0 spiro atoms. The molecule has 2 N–H and O–H groups in total. The van der Waals surface area contributed by atoms with Gasteiger partial charge in [-0.3, -0.25) is 0 Å². The van der Waals surface area contributed by atoms with Crippen LogP contribution in [-0.4, -0.2) is 29.3 Å². The summed E-state index contributed by atoms with van der Waals surface area (Å²) in [5.74, 6) is -3.00. The Hall–Kier alpha value is -2.89. The molecule has 2 aromatic rings. The Labute approximate surface area is 119 Å². The number of carbonyl (C=O) groups excluding carboxylic acids is 1. The Balaban J connectivity index is 2.53. The maximum atomic E-state index is 13.9. The molecular formula is C15H11FO5. The number of carbonyl (C=O) groups is 2. The van der Waals surface area contributed by atoms with Crippen LogP contribution in [0.15, 0.2) is 36.4 Å². The van der Waals surface area contributed by atoms with Gasteiger partial charge in [0.25, 0.3) is 0 Å². The molecule has 21 heavy (non-hydrogen) atoms. The first-order chi connectivity index (χ1) is 9.93. The van der Waals surface area contributed by atoms with Gasteiger partial charge in [-0.15, -0.1) is 0 Å². The van der Waals surface area contributed by atoms with Crippen LogP contribution in [0.4, 0.5) is 4.39 Å². The van der Waals surface area contributed by atoms with E-state index in [4.69, 9.17) is 5.11 Å². The fourth-order valence-corrected chi connectivity index (χ4v) is 1.87. The predicted molar refractivity (Wildman–Crippen MR) is 71.8 cm³/mol. The number of aromatic carboxylic acids is 1. The molecule has 0 bridgehead atoms.